The van der Waals surface area contributed by atoms with Crippen molar-refractivity contribution >= 4 is 17.0 Å². The molecule has 5 N–H and O–H groups in total. The van der Waals surface area contributed by atoms with Crippen molar-refractivity contribution in [1.82, 2.24) is 19.5 Å². The SMILES string of the molecule is CCCCCOc1nc(N)c2ncn([C@@H]3O[C@H](CO)[C@@H](O)[C@H]3O)c2n1. The predicted molar refractivity (Wildman–Crippen MR) is 87.8 cm³/mol. The van der Waals surface area contributed by atoms with Crippen LogP contribution in [0.25, 0.3) is 11.2 Å². The molecule has 10 heteroatoms. The minimum absolute atomic E-state index is 0.120. The molecule has 10 nitrogen and oxygen atoms in total. The van der Waals surface area contributed by atoms with Gasteiger partial charge in [0.15, 0.2) is 23.2 Å². The summed E-state index contributed by atoms with van der Waals surface area (Å²) in [4.78, 5) is 12.5. The van der Waals surface area contributed by atoms with Crippen LogP contribution in [0.1, 0.15) is 32.4 Å². The van der Waals surface area contributed by atoms with Crippen LogP contribution in [0, 0.1) is 0 Å². The van der Waals surface area contributed by atoms with Crippen molar-refractivity contribution in [2.45, 2.75) is 50.7 Å². The van der Waals surface area contributed by atoms with Crippen LogP contribution in [-0.4, -0.2) is 66.4 Å². The lowest BCUT2D eigenvalue weighted by Crippen LogP contribution is -2.33. The van der Waals surface area contributed by atoms with E-state index in [0.717, 1.165) is 19.3 Å². The van der Waals surface area contributed by atoms with E-state index in [1.165, 1.54) is 10.9 Å². The van der Waals surface area contributed by atoms with Gasteiger partial charge in [-0.05, 0) is 6.42 Å². The average molecular weight is 353 g/mol. The minimum atomic E-state index is -1.24. The lowest BCUT2D eigenvalue weighted by atomic mass is 10.1. The normalized spacial score (nSPS) is 26.4. The number of aromatic nitrogens is 4. The number of rotatable bonds is 7. The third-order valence-corrected chi connectivity index (χ3v) is 4.20. The molecule has 0 aromatic carbocycles. The van der Waals surface area contributed by atoms with Gasteiger partial charge in [0.25, 0.3) is 0 Å². The molecule has 0 spiro atoms. The Kier molecular flexibility index (Phi) is 5.33. The first-order chi connectivity index (χ1) is 12.1. The number of hydrogen-bond acceptors (Lipinski definition) is 9. The molecule has 0 aliphatic carbocycles. The summed E-state index contributed by atoms with van der Waals surface area (Å²) >= 11 is 0. The molecule has 0 radical (unpaired) electrons. The van der Waals surface area contributed by atoms with E-state index in [1.807, 2.05) is 0 Å². The zero-order valence-electron chi connectivity index (χ0n) is 13.9. The van der Waals surface area contributed by atoms with Crippen LogP contribution in [0.5, 0.6) is 6.01 Å². The Balaban J connectivity index is 1.88. The standard InChI is InChI=1S/C15H23N5O5/c1-2-3-4-5-24-15-18-12(16)9-13(19-15)20(7-17-9)14-11(23)10(22)8(6-21)25-14/h7-8,10-11,14,21-23H,2-6H2,1H3,(H2,16,18,19)/t8-,10-,11-,14-/m1/s1. The van der Waals surface area contributed by atoms with E-state index in [0.29, 0.717) is 17.8 Å². The highest BCUT2D eigenvalue weighted by Crippen LogP contribution is 2.32. The second-order valence-electron chi connectivity index (χ2n) is 6.00. The molecule has 1 aliphatic heterocycles. The van der Waals surface area contributed by atoms with Crippen LogP contribution in [0.2, 0.25) is 0 Å². The van der Waals surface area contributed by atoms with Crippen LogP contribution in [0.4, 0.5) is 5.82 Å². The molecule has 1 saturated heterocycles. The van der Waals surface area contributed by atoms with Gasteiger partial charge in [0.2, 0.25) is 0 Å². The Morgan fingerprint density at radius 1 is 1.28 bits per heavy atom. The lowest BCUT2D eigenvalue weighted by molar-refractivity contribution is -0.0511. The maximum Gasteiger partial charge on any atom is 0.320 e. The van der Waals surface area contributed by atoms with Gasteiger partial charge in [0.05, 0.1) is 19.5 Å². The van der Waals surface area contributed by atoms with Gasteiger partial charge >= 0.3 is 6.01 Å². The minimum Gasteiger partial charge on any atom is -0.463 e. The molecule has 3 rings (SSSR count). The zero-order chi connectivity index (χ0) is 18.0. The molecule has 138 valence electrons. The summed E-state index contributed by atoms with van der Waals surface area (Å²) in [6.07, 6.45) is 0.113. The number of hydrogen-bond donors (Lipinski definition) is 4. The summed E-state index contributed by atoms with van der Waals surface area (Å²) in [7, 11) is 0. The molecule has 0 unspecified atom stereocenters. The van der Waals surface area contributed by atoms with Gasteiger partial charge in [0, 0.05) is 0 Å². The number of unbranched alkanes of at least 4 members (excludes halogenated alkanes) is 2. The van der Waals surface area contributed by atoms with E-state index < -0.39 is 31.1 Å². The number of ether oxygens (including phenoxy) is 2. The number of nitrogens with zero attached hydrogens (tertiary/aromatic N) is 4. The van der Waals surface area contributed by atoms with E-state index >= 15 is 0 Å². The number of anilines is 1. The van der Waals surface area contributed by atoms with Crippen molar-refractivity contribution in [3.8, 4) is 6.01 Å². The highest BCUT2D eigenvalue weighted by molar-refractivity contribution is 5.82. The molecular formula is C15H23N5O5. The molecule has 25 heavy (non-hydrogen) atoms. The van der Waals surface area contributed by atoms with Crippen LogP contribution in [0.15, 0.2) is 6.33 Å². The fraction of sp³-hybridized carbons (Fsp3) is 0.667. The van der Waals surface area contributed by atoms with Crippen molar-refractivity contribution < 1.29 is 24.8 Å². The Morgan fingerprint density at radius 3 is 2.76 bits per heavy atom. The molecule has 0 saturated carbocycles. The first kappa shape index (κ1) is 17.8. The van der Waals surface area contributed by atoms with Gasteiger partial charge in [0.1, 0.15) is 18.3 Å². The smallest absolute Gasteiger partial charge is 0.320 e. The monoisotopic (exact) mass is 353 g/mol. The summed E-state index contributed by atoms with van der Waals surface area (Å²) in [5.74, 6) is 0.154. The first-order valence-corrected chi connectivity index (χ1v) is 8.32. The summed E-state index contributed by atoms with van der Waals surface area (Å²) in [6, 6.07) is 0.120. The lowest BCUT2D eigenvalue weighted by Gasteiger charge is -2.16. The summed E-state index contributed by atoms with van der Waals surface area (Å²) in [5.41, 5.74) is 6.59. The largest absolute Gasteiger partial charge is 0.463 e. The van der Waals surface area contributed by atoms with Crippen LogP contribution in [0.3, 0.4) is 0 Å². The van der Waals surface area contributed by atoms with Crippen LogP contribution >= 0.6 is 0 Å². The quantitative estimate of drug-likeness (QED) is 0.487. The second-order valence-corrected chi connectivity index (χ2v) is 6.00. The number of imidazole rings is 1. The molecule has 4 atom stereocenters. The average Bonchev–Trinajstić information content (AvgIpc) is 3.14. The molecule has 0 bridgehead atoms. The van der Waals surface area contributed by atoms with E-state index in [2.05, 4.69) is 21.9 Å². The fourth-order valence-corrected chi connectivity index (χ4v) is 2.79. The zero-order valence-corrected chi connectivity index (χ0v) is 13.9. The third kappa shape index (κ3) is 3.38. The highest BCUT2D eigenvalue weighted by Gasteiger charge is 2.44. The second kappa shape index (κ2) is 7.48. The van der Waals surface area contributed by atoms with Gasteiger partial charge in [-0.15, -0.1) is 0 Å². The van der Waals surface area contributed by atoms with E-state index in [1.54, 1.807) is 0 Å². The van der Waals surface area contributed by atoms with E-state index in [9.17, 15) is 15.3 Å². The molecule has 1 fully saturated rings. The molecule has 0 amide bonds. The van der Waals surface area contributed by atoms with E-state index in [4.69, 9.17) is 15.2 Å². The Morgan fingerprint density at radius 2 is 2.08 bits per heavy atom. The Hall–Kier alpha value is -2.01. The maximum atomic E-state index is 10.2. The number of fused-ring (bicyclic) bond motifs is 1. The Bertz CT molecular complexity index is 724. The number of nitrogens with two attached hydrogens (primary N) is 1. The summed E-state index contributed by atoms with van der Waals surface area (Å²) in [5, 5.41) is 29.3. The van der Waals surface area contributed by atoms with Gasteiger partial charge in [-0.3, -0.25) is 4.57 Å². The Labute approximate surface area is 144 Å². The topological polar surface area (TPSA) is 149 Å². The molecule has 1 aliphatic rings. The van der Waals surface area contributed by atoms with Gasteiger partial charge in [-0.25, -0.2) is 4.98 Å². The summed E-state index contributed by atoms with van der Waals surface area (Å²) in [6.45, 7) is 2.16. The third-order valence-electron chi connectivity index (χ3n) is 4.20. The first-order valence-electron chi connectivity index (χ1n) is 8.32. The maximum absolute atomic E-state index is 10.2. The van der Waals surface area contributed by atoms with Gasteiger partial charge < -0.3 is 30.5 Å². The van der Waals surface area contributed by atoms with Gasteiger partial charge in [-0.2, -0.15) is 9.97 Å². The molecule has 2 aromatic rings. The van der Waals surface area contributed by atoms with Crippen molar-refractivity contribution in [3.63, 3.8) is 0 Å². The summed E-state index contributed by atoms with van der Waals surface area (Å²) < 4.78 is 12.5. The van der Waals surface area contributed by atoms with Crippen LogP contribution < -0.4 is 10.5 Å². The number of aliphatic hydroxyl groups is 3. The molecule has 3 heterocycles. The van der Waals surface area contributed by atoms with Crippen molar-refractivity contribution in [2.24, 2.45) is 0 Å². The predicted octanol–water partition coefficient (Wildman–Crippen LogP) is -0.411. The number of nitrogen functional groups attached to an aromatic ring is 1. The van der Waals surface area contributed by atoms with Crippen molar-refractivity contribution in [2.75, 3.05) is 18.9 Å². The van der Waals surface area contributed by atoms with E-state index in [-0.39, 0.29) is 11.8 Å². The van der Waals surface area contributed by atoms with Crippen molar-refractivity contribution in [3.05, 3.63) is 6.33 Å². The van der Waals surface area contributed by atoms with Crippen LogP contribution in [-0.2, 0) is 4.74 Å². The molecular weight excluding hydrogens is 330 g/mol. The fourth-order valence-electron chi connectivity index (χ4n) is 2.79. The number of aliphatic hydroxyl groups excluding tert-OH is 3. The van der Waals surface area contributed by atoms with Crippen molar-refractivity contribution in [1.29, 1.82) is 0 Å². The molecule has 2 aromatic heterocycles. The highest BCUT2D eigenvalue weighted by atomic mass is 16.6. The van der Waals surface area contributed by atoms with Gasteiger partial charge in [-0.1, -0.05) is 19.8 Å².